The predicted octanol–water partition coefficient (Wildman–Crippen LogP) is 4.28. The maximum atomic E-state index is 13.1. The van der Waals surface area contributed by atoms with Crippen molar-refractivity contribution in [2.45, 2.75) is 11.3 Å². The van der Waals surface area contributed by atoms with Gasteiger partial charge in [0.05, 0.1) is 27.2 Å². The zero-order valence-corrected chi connectivity index (χ0v) is 17.6. The molecule has 1 aliphatic heterocycles. The molecule has 0 radical (unpaired) electrons. The first kappa shape index (κ1) is 18.8. The quantitative estimate of drug-likeness (QED) is 0.519. The molecular formula is C22H17N3O3S2. The normalized spacial score (nSPS) is 13.6. The van der Waals surface area contributed by atoms with Crippen LogP contribution in [0.25, 0.3) is 20.8 Å². The second-order valence-corrected chi connectivity index (χ2v) is 9.77. The maximum Gasteiger partial charge on any atom is 0.261 e. The van der Waals surface area contributed by atoms with E-state index < -0.39 is 10.0 Å². The number of nitrogens with zero attached hydrogens (tertiary/aromatic N) is 2. The molecule has 8 heteroatoms. The summed E-state index contributed by atoms with van der Waals surface area (Å²) in [7, 11) is -2.14. The van der Waals surface area contributed by atoms with Crippen LogP contribution in [0.15, 0.2) is 71.6 Å². The molecule has 0 bridgehead atoms. The van der Waals surface area contributed by atoms with Gasteiger partial charge in [0, 0.05) is 18.3 Å². The third-order valence-electron chi connectivity index (χ3n) is 5.13. The molecule has 1 aromatic heterocycles. The van der Waals surface area contributed by atoms with Gasteiger partial charge >= 0.3 is 0 Å². The Morgan fingerprint density at radius 3 is 2.63 bits per heavy atom. The van der Waals surface area contributed by atoms with Crippen LogP contribution in [0.4, 0.5) is 11.4 Å². The lowest BCUT2D eigenvalue weighted by Crippen LogP contribution is -2.20. The Kier molecular flexibility index (Phi) is 4.34. The van der Waals surface area contributed by atoms with Gasteiger partial charge in [-0.3, -0.25) is 9.52 Å². The van der Waals surface area contributed by atoms with Gasteiger partial charge in [-0.1, -0.05) is 24.3 Å². The third-order valence-corrected chi connectivity index (χ3v) is 7.57. The lowest BCUT2D eigenvalue weighted by molar-refractivity contribution is -0.117. The molecule has 1 amide bonds. The highest BCUT2D eigenvalue weighted by molar-refractivity contribution is 7.92. The van der Waals surface area contributed by atoms with E-state index in [0.29, 0.717) is 11.3 Å². The molecule has 5 rings (SSSR count). The lowest BCUT2D eigenvalue weighted by Gasteiger charge is -2.13. The van der Waals surface area contributed by atoms with Crippen LogP contribution in [0.2, 0.25) is 0 Å². The molecular weight excluding hydrogens is 418 g/mol. The lowest BCUT2D eigenvalue weighted by atomic mass is 10.2. The summed E-state index contributed by atoms with van der Waals surface area (Å²) in [4.78, 5) is 18.2. The molecule has 0 atom stereocenters. The summed E-state index contributed by atoms with van der Waals surface area (Å²) < 4.78 is 29.9. The van der Waals surface area contributed by atoms with Gasteiger partial charge in [-0.15, -0.1) is 11.3 Å². The highest BCUT2D eigenvalue weighted by atomic mass is 32.2. The number of para-hydroxylation sites is 2. The van der Waals surface area contributed by atoms with Crippen molar-refractivity contribution in [1.29, 1.82) is 0 Å². The number of carbonyl (C=O) groups excluding carboxylic acids is 1. The number of nitrogens with one attached hydrogen (secondary N) is 1. The Morgan fingerprint density at radius 1 is 1.03 bits per heavy atom. The van der Waals surface area contributed by atoms with Gasteiger partial charge < -0.3 is 4.90 Å². The van der Waals surface area contributed by atoms with E-state index in [1.165, 1.54) is 17.4 Å². The first-order valence-electron chi connectivity index (χ1n) is 9.30. The van der Waals surface area contributed by atoms with Crippen molar-refractivity contribution in [3.63, 3.8) is 0 Å². The molecule has 4 aromatic rings. The van der Waals surface area contributed by atoms with E-state index >= 15 is 0 Å². The van der Waals surface area contributed by atoms with E-state index in [1.54, 1.807) is 36.2 Å². The molecule has 0 saturated carbocycles. The molecule has 2 heterocycles. The fourth-order valence-corrected chi connectivity index (χ4v) is 5.70. The smallest absolute Gasteiger partial charge is 0.261 e. The summed E-state index contributed by atoms with van der Waals surface area (Å²) in [6, 6.07) is 19.8. The second-order valence-electron chi connectivity index (χ2n) is 7.06. The van der Waals surface area contributed by atoms with Crippen molar-refractivity contribution >= 4 is 48.9 Å². The summed E-state index contributed by atoms with van der Waals surface area (Å²) in [5, 5.41) is 0.746. The van der Waals surface area contributed by atoms with Crippen LogP contribution in [0, 0.1) is 0 Å². The molecule has 0 spiro atoms. The number of rotatable bonds is 4. The number of aromatic nitrogens is 1. The molecule has 3 aromatic carbocycles. The Bertz CT molecular complexity index is 1380. The van der Waals surface area contributed by atoms with Gasteiger partial charge in [0.25, 0.3) is 10.0 Å². The standard InChI is InChI=1S/C22H17N3O3S2/c1-25-19-11-10-15(12-14(19)13-21(25)26)30(27,28)24-17-7-3-2-6-16(17)22-23-18-8-4-5-9-20(18)29-22/h2-12,24H,13H2,1H3. The minimum atomic E-state index is -3.83. The molecule has 0 fully saturated rings. The third kappa shape index (κ3) is 3.14. The van der Waals surface area contributed by atoms with Gasteiger partial charge in [-0.05, 0) is 48.0 Å². The predicted molar refractivity (Wildman–Crippen MR) is 119 cm³/mol. The van der Waals surface area contributed by atoms with Crippen molar-refractivity contribution in [3.05, 3.63) is 72.3 Å². The number of likely N-dealkylation sites (N-methyl/N-ethyl adjacent to an activating group) is 1. The number of hydrogen-bond acceptors (Lipinski definition) is 5. The van der Waals surface area contributed by atoms with Gasteiger partial charge in [-0.2, -0.15) is 0 Å². The molecule has 6 nitrogen and oxygen atoms in total. The molecule has 1 aliphatic rings. The number of benzene rings is 3. The highest BCUT2D eigenvalue weighted by Gasteiger charge is 2.26. The number of anilines is 2. The number of hydrogen-bond donors (Lipinski definition) is 1. The van der Waals surface area contributed by atoms with E-state index in [9.17, 15) is 13.2 Å². The van der Waals surface area contributed by atoms with Gasteiger partial charge in [-0.25, -0.2) is 13.4 Å². The zero-order valence-electron chi connectivity index (χ0n) is 16.0. The van der Waals surface area contributed by atoms with Crippen molar-refractivity contribution in [3.8, 4) is 10.6 Å². The number of sulfonamides is 1. The van der Waals surface area contributed by atoms with Crippen molar-refractivity contribution in [2.24, 2.45) is 0 Å². The summed E-state index contributed by atoms with van der Waals surface area (Å²) >= 11 is 1.51. The van der Waals surface area contributed by atoms with Crippen LogP contribution in [-0.2, 0) is 21.2 Å². The molecule has 0 aliphatic carbocycles. The monoisotopic (exact) mass is 435 g/mol. The topological polar surface area (TPSA) is 79.4 Å². The molecule has 30 heavy (non-hydrogen) atoms. The average molecular weight is 436 g/mol. The molecule has 150 valence electrons. The summed E-state index contributed by atoms with van der Waals surface area (Å²) in [6.07, 6.45) is 0.206. The van der Waals surface area contributed by atoms with Crippen LogP contribution in [0.3, 0.4) is 0 Å². The average Bonchev–Trinajstić information content (AvgIpc) is 3.29. The van der Waals surface area contributed by atoms with E-state index in [1.807, 2.05) is 36.4 Å². The summed E-state index contributed by atoms with van der Waals surface area (Å²) in [5.74, 6) is -0.0475. The van der Waals surface area contributed by atoms with E-state index in [4.69, 9.17) is 0 Å². The Hall–Kier alpha value is -3.23. The summed E-state index contributed by atoms with van der Waals surface area (Å²) in [6.45, 7) is 0. The van der Waals surface area contributed by atoms with E-state index in [-0.39, 0.29) is 17.2 Å². The van der Waals surface area contributed by atoms with Gasteiger partial charge in [0.15, 0.2) is 0 Å². The zero-order chi connectivity index (χ0) is 20.9. The second kappa shape index (κ2) is 6.93. The van der Waals surface area contributed by atoms with Gasteiger partial charge in [0.2, 0.25) is 5.91 Å². The van der Waals surface area contributed by atoms with E-state index in [2.05, 4.69) is 9.71 Å². The fraction of sp³-hybridized carbons (Fsp3) is 0.0909. The Balaban J connectivity index is 1.52. The Morgan fingerprint density at radius 2 is 1.80 bits per heavy atom. The number of amides is 1. The molecule has 0 saturated heterocycles. The van der Waals surface area contributed by atoms with Crippen LogP contribution in [-0.4, -0.2) is 26.4 Å². The minimum Gasteiger partial charge on any atom is -0.315 e. The number of thiazole rings is 1. The SMILES string of the molecule is CN1C(=O)Cc2cc(S(=O)(=O)Nc3ccccc3-c3nc4ccccc4s3)ccc21. The molecule has 0 unspecified atom stereocenters. The number of carbonyl (C=O) groups is 1. The first-order chi connectivity index (χ1) is 14.4. The minimum absolute atomic E-state index is 0.0475. The van der Waals surface area contributed by atoms with Crippen molar-refractivity contribution in [1.82, 2.24) is 4.98 Å². The first-order valence-corrected chi connectivity index (χ1v) is 11.6. The van der Waals surface area contributed by atoms with Crippen LogP contribution >= 0.6 is 11.3 Å². The molecule has 1 N–H and O–H groups in total. The fourth-order valence-electron chi connectivity index (χ4n) is 3.56. The Labute approximate surface area is 177 Å². The highest BCUT2D eigenvalue weighted by Crippen LogP contribution is 2.36. The maximum absolute atomic E-state index is 13.1. The largest absolute Gasteiger partial charge is 0.315 e. The van der Waals surface area contributed by atoms with Crippen LogP contribution in [0.1, 0.15) is 5.56 Å². The summed E-state index contributed by atoms with van der Waals surface area (Å²) in [5.41, 5.74) is 3.52. The van der Waals surface area contributed by atoms with Crippen molar-refractivity contribution in [2.75, 3.05) is 16.7 Å². The van der Waals surface area contributed by atoms with Gasteiger partial charge in [0.1, 0.15) is 5.01 Å². The van der Waals surface area contributed by atoms with Crippen LogP contribution < -0.4 is 9.62 Å². The van der Waals surface area contributed by atoms with E-state index in [0.717, 1.165) is 26.5 Å². The van der Waals surface area contributed by atoms with Crippen LogP contribution in [0.5, 0.6) is 0 Å². The number of fused-ring (bicyclic) bond motifs is 2. The van der Waals surface area contributed by atoms with Crippen molar-refractivity contribution < 1.29 is 13.2 Å².